The summed E-state index contributed by atoms with van der Waals surface area (Å²) in [4.78, 5) is 0. The lowest BCUT2D eigenvalue weighted by atomic mass is 9.70. The normalized spacial score (nSPS) is 16.7. The Morgan fingerprint density at radius 3 is 1.27 bits per heavy atom. The molecule has 0 radical (unpaired) electrons. The molecule has 8 rings (SSSR count). The molecule has 0 N–H and O–H groups in total. The Hall–Kier alpha value is -5.24. The lowest BCUT2D eigenvalue weighted by Gasteiger charge is -2.33. The Morgan fingerprint density at radius 2 is 0.855 bits per heavy atom. The van der Waals surface area contributed by atoms with Gasteiger partial charge in [-0.2, -0.15) is 0 Å². The molecule has 0 spiro atoms. The molecule has 2 fully saturated rings. The molecule has 6 nitrogen and oxygen atoms in total. The minimum atomic E-state index is -0.555. The number of ether oxygens (including phenoxy) is 6. The molecular weight excluding hydrogens is 685 g/mol. The van der Waals surface area contributed by atoms with Crippen molar-refractivity contribution in [1.82, 2.24) is 0 Å². The zero-order chi connectivity index (χ0) is 36.6. The molecule has 2 aliphatic heterocycles. The molecule has 0 amide bonds. The molecule has 55 heavy (non-hydrogen) atoms. The van der Waals surface area contributed by atoms with Crippen LogP contribution in [0.5, 0.6) is 11.5 Å². The van der Waals surface area contributed by atoms with Gasteiger partial charge in [-0.15, -0.1) is 0 Å². The summed E-state index contributed by atoms with van der Waals surface area (Å²) in [5.41, 5.74) is 9.52. The standard InChI is InChI=1S/C48H46O6.CH4/c1-48(39-19-17-36(18-20-39)35-11-5-2-6-12-35,40-21-23-46(51-27-25-49-31-42-33-53-42)44(29-40)37-13-7-3-8-14-37)41-22-24-47(52-28-26-50-32-43-34-54-43)45(30-41)38-15-9-4-10-16-38;/h2-24,29-30,42-43H,25-28,31-34H2,1H3;1H4. The van der Waals surface area contributed by atoms with E-state index in [2.05, 4.69) is 146 Å². The Morgan fingerprint density at radius 1 is 0.473 bits per heavy atom. The largest absolute Gasteiger partial charge is 0.491 e. The smallest absolute Gasteiger partial charge is 0.127 e. The van der Waals surface area contributed by atoms with Crippen LogP contribution in [-0.4, -0.2) is 65.1 Å². The van der Waals surface area contributed by atoms with E-state index >= 15 is 0 Å². The summed E-state index contributed by atoms with van der Waals surface area (Å²) in [6.45, 7) is 6.99. The Balaban J connectivity index is 0.00000465. The molecule has 0 aliphatic carbocycles. The van der Waals surface area contributed by atoms with Gasteiger partial charge < -0.3 is 28.4 Å². The first-order valence-electron chi connectivity index (χ1n) is 18.9. The fourth-order valence-electron chi connectivity index (χ4n) is 6.93. The van der Waals surface area contributed by atoms with Gasteiger partial charge in [0.1, 0.15) is 36.9 Å². The summed E-state index contributed by atoms with van der Waals surface area (Å²) in [6.07, 6.45) is 0.460. The van der Waals surface area contributed by atoms with Crippen molar-refractivity contribution in [2.24, 2.45) is 0 Å². The van der Waals surface area contributed by atoms with Gasteiger partial charge in [0.25, 0.3) is 0 Å². The zero-order valence-electron chi connectivity index (χ0n) is 30.7. The Labute approximate surface area is 325 Å². The van der Waals surface area contributed by atoms with Crippen LogP contribution in [0.1, 0.15) is 31.0 Å². The second-order valence-electron chi connectivity index (χ2n) is 14.0. The third-order valence-corrected chi connectivity index (χ3v) is 10.2. The highest BCUT2D eigenvalue weighted by atomic mass is 16.6. The Kier molecular flexibility index (Phi) is 12.4. The summed E-state index contributed by atoms with van der Waals surface area (Å²) < 4.78 is 35.0. The van der Waals surface area contributed by atoms with Crippen molar-refractivity contribution in [1.29, 1.82) is 0 Å². The molecule has 0 bridgehead atoms. The van der Waals surface area contributed by atoms with Gasteiger partial charge in [0, 0.05) is 16.5 Å². The van der Waals surface area contributed by atoms with Gasteiger partial charge in [0.2, 0.25) is 0 Å². The molecule has 6 aromatic carbocycles. The van der Waals surface area contributed by atoms with E-state index in [1.165, 1.54) is 16.7 Å². The van der Waals surface area contributed by atoms with Crippen molar-refractivity contribution in [2.75, 3.05) is 52.9 Å². The van der Waals surface area contributed by atoms with E-state index in [0.717, 1.165) is 58.1 Å². The van der Waals surface area contributed by atoms with Crippen LogP contribution >= 0.6 is 0 Å². The second kappa shape index (κ2) is 17.9. The van der Waals surface area contributed by atoms with Crippen LogP contribution in [-0.2, 0) is 24.4 Å². The van der Waals surface area contributed by atoms with E-state index in [1.54, 1.807) is 0 Å². The molecule has 2 saturated heterocycles. The lowest BCUT2D eigenvalue weighted by Crippen LogP contribution is -2.26. The molecule has 282 valence electrons. The van der Waals surface area contributed by atoms with Gasteiger partial charge in [0.15, 0.2) is 0 Å². The first-order chi connectivity index (χ1) is 26.6. The van der Waals surface area contributed by atoms with Gasteiger partial charge in [-0.3, -0.25) is 0 Å². The highest BCUT2D eigenvalue weighted by Crippen LogP contribution is 2.45. The fourth-order valence-corrected chi connectivity index (χ4v) is 6.93. The highest BCUT2D eigenvalue weighted by Gasteiger charge is 2.33. The molecule has 6 aromatic rings. The number of benzene rings is 6. The van der Waals surface area contributed by atoms with E-state index in [9.17, 15) is 0 Å². The van der Waals surface area contributed by atoms with E-state index in [1.807, 2.05) is 12.1 Å². The van der Waals surface area contributed by atoms with Crippen molar-refractivity contribution in [3.8, 4) is 44.9 Å². The minimum Gasteiger partial charge on any atom is -0.491 e. The van der Waals surface area contributed by atoms with Crippen molar-refractivity contribution in [3.63, 3.8) is 0 Å². The van der Waals surface area contributed by atoms with Crippen molar-refractivity contribution >= 4 is 0 Å². The predicted molar refractivity (Wildman–Crippen MR) is 220 cm³/mol. The van der Waals surface area contributed by atoms with E-state index in [0.29, 0.717) is 39.6 Å². The number of rotatable bonds is 18. The molecule has 0 saturated carbocycles. The summed E-state index contributed by atoms with van der Waals surface area (Å²) in [7, 11) is 0. The minimum absolute atomic E-state index is 0. The van der Waals surface area contributed by atoms with Crippen LogP contribution < -0.4 is 9.47 Å². The number of hydrogen-bond acceptors (Lipinski definition) is 6. The molecular formula is C49H50O6. The topological polar surface area (TPSA) is 62.0 Å². The maximum Gasteiger partial charge on any atom is 0.127 e. The SMILES string of the molecule is C.CC(c1ccc(-c2ccccc2)cc1)(c1ccc(OCCOCC2CO2)c(-c2ccccc2)c1)c1ccc(OCCOCC2CO2)c(-c2ccccc2)c1. The van der Waals surface area contributed by atoms with Crippen LogP contribution in [0.25, 0.3) is 33.4 Å². The van der Waals surface area contributed by atoms with Crippen LogP contribution in [0.3, 0.4) is 0 Å². The maximum absolute atomic E-state index is 6.40. The zero-order valence-corrected chi connectivity index (χ0v) is 30.7. The monoisotopic (exact) mass is 734 g/mol. The van der Waals surface area contributed by atoms with E-state index in [4.69, 9.17) is 28.4 Å². The van der Waals surface area contributed by atoms with Crippen molar-refractivity contribution in [2.45, 2.75) is 32.0 Å². The molecule has 2 aliphatic rings. The molecule has 2 unspecified atom stereocenters. The summed E-state index contributed by atoms with van der Waals surface area (Å²) in [5, 5.41) is 0. The van der Waals surface area contributed by atoms with Crippen LogP contribution in [0, 0.1) is 0 Å². The molecule has 6 heteroatoms. The van der Waals surface area contributed by atoms with Gasteiger partial charge in [-0.25, -0.2) is 0 Å². The lowest BCUT2D eigenvalue weighted by molar-refractivity contribution is 0.0880. The quantitative estimate of drug-likeness (QED) is 0.0498. The molecule has 2 atom stereocenters. The summed E-state index contributed by atoms with van der Waals surface area (Å²) in [5.74, 6) is 1.64. The van der Waals surface area contributed by atoms with Gasteiger partial charge in [-0.05, 0) is 70.1 Å². The predicted octanol–water partition coefficient (Wildman–Crippen LogP) is 10.3. The van der Waals surface area contributed by atoms with Crippen molar-refractivity contribution < 1.29 is 28.4 Å². The maximum atomic E-state index is 6.40. The first kappa shape index (κ1) is 38.1. The first-order valence-corrected chi connectivity index (χ1v) is 18.9. The van der Waals surface area contributed by atoms with Crippen molar-refractivity contribution in [3.05, 3.63) is 168 Å². The van der Waals surface area contributed by atoms with Crippen LogP contribution in [0.15, 0.2) is 152 Å². The van der Waals surface area contributed by atoms with E-state index in [-0.39, 0.29) is 19.6 Å². The highest BCUT2D eigenvalue weighted by molar-refractivity contribution is 5.75. The molecule has 0 aromatic heterocycles. The average Bonchev–Trinajstić information content (AvgIpc) is 4.19. The summed E-state index contributed by atoms with van der Waals surface area (Å²) >= 11 is 0. The third-order valence-electron chi connectivity index (χ3n) is 10.2. The van der Waals surface area contributed by atoms with Crippen LogP contribution in [0.2, 0.25) is 0 Å². The average molecular weight is 735 g/mol. The second-order valence-corrected chi connectivity index (χ2v) is 14.0. The fraction of sp³-hybridized carbons (Fsp3) is 0.265. The number of hydrogen-bond donors (Lipinski definition) is 0. The van der Waals surface area contributed by atoms with Gasteiger partial charge in [0.05, 0.1) is 39.6 Å². The van der Waals surface area contributed by atoms with E-state index < -0.39 is 5.41 Å². The van der Waals surface area contributed by atoms with Crippen LogP contribution in [0.4, 0.5) is 0 Å². The summed E-state index contributed by atoms with van der Waals surface area (Å²) in [6, 6.07) is 53.7. The number of epoxide rings is 2. The van der Waals surface area contributed by atoms with Gasteiger partial charge >= 0.3 is 0 Å². The third kappa shape index (κ3) is 9.35. The van der Waals surface area contributed by atoms with Gasteiger partial charge in [-0.1, -0.05) is 135 Å². The Bertz CT molecular complexity index is 1980. The molecule has 2 heterocycles.